The van der Waals surface area contributed by atoms with Crippen LogP contribution in [0, 0.1) is 0 Å². The van der Waals surface area contributed by atoms with Gasteiger partial charge in [0.15, 0.2) is 6.04 Å². The molecule has 0 aliphatic heterocycles. The molecule has 2 amide bonds. The summed E-state index contributed by atoms with van der Waals surface area (Å²) in [6.07, 6.45) is 3.64. The van der Waals surface area contributed by atoms with Gasteiger partial charge in [-0.05, 0) is 19.8 Å². The number of rotatable bonds is 7. The molecule has 4 N–H and O–H groups in total. The number of aliphatic carboxylic acids is 1. The fraction of sp³-hybridized carbons (Fsp3) is 0.833. The zero-order chi connectivity index (χ0) is 14.3. The van der Waals surface area contributed by atoms with Crippen LogP contribution in [0.25, 0.3) is 0 Å². The summed E-state index contributed by atoms with van der Waals surface area (Å²) in [7, 11) is 0. The topological polar surface area (TPSA) is 108 Å². The quantitative estimate of drug-likeness (QED) is 0.492. The molecule has 0 unspecified atom stereocenters. The van der Waals surface area contributed by atoms with Crippen LogP contribution in [0.5, 0.6) is 0 Å². The van der Waals surface area contributed by atoms with Crippen molar-refractivity contribution in [1.82, 2.24) is 10.6 Å². The molecule has 19 heavy (non-hydrogen) atoms. The molecule has 7 heteroatoms. The van der Waals surface area contributed by atoms with Crippen molar-refractivity contribution in [3.63, 3.8) is 0 Å². The number of aliphatic hydroxyl groups excluding tert-OH is 1. The summed E-state index contributed by atoms with van der Waals surface area (Å²) in [6.45, 7) is 2.03. The van der Waals surface area contributed by atoms with Crippen molar-refractivity contribution < 1.29 is 24.5 Å². The highest BCUT2D eigenvalue weighted by Crippen LogP contribution is 2.20. The van der Waals surface area contributed by atoms with Crippen LogP contribution in [0.4, 0.5) is 4.79 Å². The zero-order valence-electron chi connectivity index (χ0n) is 11.1. The third-order valence-electron chi connectivity index (χ3n) is 3.08. The Morgan fingerprint density at radius 2 is 2.00 bits per heavy atom. The Labute approximate surface area is 112 Å². The number of hydrogen-bond acceptors (Lipinski definition) is 4. The van der Waals surface area contributed by atoms with Gasteiger partial charge in [-0.2, -0.15) is 0 Å². The predicted octanol–water partition coefficient (Wildman–Crippen LogP) is 0.0788. The van der Waals surface area contributed by atoms with E-state index in [1.165, 1.54) is 19.8 Å². The minimum absolute atomic E-state index is 0.286. The second-order valence-corrected chi connectivity index (χ2v) is 4.73. The van der Waals surface area contributed by atoms with Gasteiger partial charge in [0.1, 0.15) is 0 Å². The maximum atomic E-state index is 11.4. The summed E-state index contributed by atoms with van der Waals surface area (Å²) >= 11 is 0. The number of urea groups is 1. The molecule has 7 nitrogen and oxygen atoms in total. The first-order valence-electron chi connectivity index (χ1n) is 6.57. The highest BCUT2D eigenvalue weighted by atomic mass is 16.5. The monoisotopic (exact) mass is 274 g/mol. The molecule has 0 heterocycles. The SMILES string of the molecule is C[C@@H](O)[C@H](NC(=O)NCCOC1CCCC1)C(=O)O. The molecule has 110 valence electrons. The molecule has 0 radical (unpaired) electrons. The molecule has 1 aliphatic rings. The zero-order valence-corrected chi connectivity index (χ0v) is 11.1. The second kappa shape index (κ2) is 7.96. The molecule has 1 rings (SSSR count). The van der Waals surface area contributed by atoms with Crippen molar-refractivity contribution in [3.8, 4) is 0 Å². The molecule has 1 aliphatic carbocycles. The normalized spacial score (nSPS) is 18.8. The lowest BCUT2D eigenvalue weighted by molar-refractivity contribution is -0.141. The number of carboxylic acid groups (broad SMARTS) is 1. The van der Waals surface area contributed by atoms with Gasteiger partial charge in [0.25, 0.3) is 0 Å². The number of nitrogens with one attached hydrogen (secondary N) is 2. The summed E-state index contributed by atoms with van der Waals surface area (Å²) in [4.78, 5) is 22.2. The van der Waals surface area contributed by atoms with E-state index in [0.717, 1.165) is 12.8 Å². The van der Waals surface area contributed by atoms with Gasteiger partial charge < -0.3 is 25.6 Å². The molecule has 1 saturated carbocycles. The number of ether oxygens (including phenoxy) is 1. The van der Waals surface area contributed by atoms with Crippen LogP contribution in [0.2, 0.25) is 0 Å². The van der Waals surface area contributed by atoms with Crippen molar-refractivity contribution in [2.75, 3.05) is 13.2 Å². The molecule has 0 aromatic rings. The molecule has 2 atom stereocenters. The predicted molar refractivity (Wildman–Crippen MR) is 67.8 cm³/mol. The minimum Gasteiger partial charge on any atom is -0.480 e. The van der Waals surface area contributed by atoms with Crippen LogP contribution in [-0.2, 0) is 9.53 Å². The average Bonchev–Trinajstić information content (AvgIpc) is 2.84. The van der Waals surface area contributed by atoms with E-state index < -0.39 is 24.1 Å². The van der Waals surface area contributed by atoms with Gasteiger partial charge in [0.05, 0.1) is 18.8 Å². The van der Waals surface area contributed by atoms with Crippen LogP contribution < -0.4 is 10.6 Å². The highest BCUT2D eigenvalue weighted by molar-refractivity contribution is 5.82. The van der Waals surface area contributed by atoms with E-state index in [1.807, 2.05) is 0 Å². The lowest BCUT2D eigenvalue weighted by Gasteiger charge is -2.17. The Bertz CT molecular complexity index is 302. The Balaban J connectivity index is 2.14. The largest absolute Gasteiger partial charge is 0.480 e. The number of hydrogen-bond donors (Lipinski definition) is 4. The lowest BCUT2D eigenvalue weighted by Crippen LogP contribution is -2.51. The summed E-state index contributed by atoms with van der Waals surface area (Å²) in [5.74, 6) is -1.27. The first-order valence-corrected chi connectivity index (χ1v) is 6.57. The Kier molecular flexibility index (Phi) is 6.58. The van der Waals surface area contributed by atoms with E-state index in [0.29, 0.717) is 13.2 Å². The van der Waals surface area contributed by atoms with E-state index in [2.05, 4.69) is 10.6 Å². The minimum atomic E-state index is -1.31. The molecule has 0 aromatic carbocycles. The summed E-state index contributed by atoms with van der Waals surface area (Å²) in [5, 5.41) is 22.7. The first kappa shape index (κ1) is 15.7. The maximum Gasteiger partial charge on any atom is 0.328 e. The molecule has 0 bridgehead atoms. The number of amides is 2. The van der Waals surface area contributed by atoms with Gasteiger partial charge in [0.2, 0.25) is 0 Å². The summed E-state index contributed by atoms with van der Waals surface area (Å²) in [5.41, 5.74) is 0. The smallest absolute Gasteiger partial charge is 0.328 e. The Morgan fingerprint density at radius 3 is 2.53 bits per heavy atom. The van der Waals surface area contributed by atoms with Crippen LogP contribution in [0.15, 0.2) is 0 Å². The molecular formula is C12H22N2O5. The van der Waals surface area contributed by atoms with Crippen molar-refractivity contribution >= 4 is 12.0 Å². The highest BCUT2D eigenvalue weighted by Gasteiger charge is 2.24. The van der Waals surface area contributed by atoms with E-state index in [-0.39, 0.29) is 6.10 Å². The number of carboxylic acids is 1. The van der Waals surface area contributed by atoms with Crippen molar-refractivity contribution in [2.24, 2.45) is 0 Å². The van der Waals surface area contributed by atoms with Crippen molar-refractivity contribution in [2.45, 2.75) is 50.9 Å². The fourth-order valence-corrected chi connectivity index (χ4v) is 2.03. The molecule has 0 spiro atoms. The first-order chi connectivity index (χ1) is 9.00. The molecular weight excluding hydrogens is 252 g/mol. The Morgan fingerprint density at radius 1 is 1.37 bits per heavy atom. The lowest BCUT2D eigenvalue weighted by atomic mass is 10.2. The summed E-state index contributed by atoms with van der Waals surface area (Å²) < 4.78 is 5.55. The van der Waals surface area contributed by atoms with Crippen molar-refractivity contribution in [1.29, 1.82) is 0 Å². The van der Waals surface area contributed by atoms with Crippen LogP contribution in [0.3, 0.4) is 0 Å². The molecule has 0 aromatic heterocycles. The molecule has 0 saturated heterocycles. The number of carbonyl (C=O) groups excluding carboxylic acids is 1. The second-order valence-electron chi connectivity index (χ2n) is 4.73. The van der Waals surface area contributed by atoms with Crippen LogP contribution in [0.1, 0.15) is 32.6 Å². The van der Waals surface area contributed by atoms with Gasteiger partial charge in [-0.1, -0.05) is 12.8 Å². The van der Waals surface area contributed by atoms with Crippen LogP contribution >= 0.6 is 0 Å². The van der Waals surface area contributed by atoms with E-state index in [1.54, 1.807) is 0 Å². The van der Waals surface area contributed by atoms with E-state index >= 15 is 0 Å². The van der Waals surface area contributed by atoms with Gasteiger partial charge in [-0.25, -0.2) is 9.59 Å². The standard InChI is InChI=1S/C12H22N2O5/c1-8(15)10(11(16)17)14-12(18)13-6-7-19-9-4-2-3-5-9/h8-10,15H,2-7H2,1H3,(H,16,17)(H2,13,14,18)/t8-,10+/m1/s1. The number of aliphatic hydroxyl groups is 1. The maximum absolute atomic E-state index is 11.4. The third-order valence-corrected chi connectivity index (χ3v) is 3.08. The van der Waals surface area contributed by atoms with Gasteiger partial charge >= 0.3 is 12.0 Å². The van der Waals surface area contributed by atoms with E-state index in [9.17, 15) is 14.7 Å². The van der Waals surface area contributed by atoms with E-state index in [4.69, 9.17) is 9.84 Å². The number of carbonyl (C=O) groups is 2. The van der Waals surface area contributed by atoms with Gasteiger partial charge in [-0.15, -0.1) is 0 Å². The van der Waals surface area contributed by atoms with Gasteiger partial charge in [-0.3, -0.25) is 0 Å². The summed E-state index contributed by atoms with van der Waals surface area (Å²) in [6, 6.07) is -1.93. The van der Waals surface area contributed by atoms with Crippen molar-refractivity contribution in [3.05, 3.63) is 0 Å². The fourth-order valence-electron chi connectivity index (χ4n) is 2.03. The molecule has 1 fully saturated rings. The Hall–Kier alpha value is -1.34. The average molecular weight is 274 g/mol. The van der Waals surface area contributed by atoms with Gasteiger partial charge in [0, 0.05) is 6.54 Å². The third kappa shape index (κ3) is 5.89. The van der Waals surface area contributed by atoms with Crippen LogP contribution in [-0.4, -0.2) is 53.6 Å².